The Kier molecular flexibility index (Phi) is 4.80. The molecule has 3 atom stereocenters. The number of ether oxygens (including phenoxy) is 4. The van der Waals surface area contributed by atoms with E-state index >= 15 is 0 Å². The summed E-state index contributed by atoms with van der Waals surface area (Å²) in [5.74, 6) is 1.49. The highest BCUT2D eigenvalue weighted by atomic mass is 16.7. The van der Waals surface area contributed by atoms with Crippen molar-refractivity contribution in [3.05, 3.63) is 41.8 Å². The molecule has 1 N–H and O–H groups in total. The van der Waals surface area contributed by atoms with Crippen molar-refractivity contribution >= 4 is 0 Å². The molecule has 0 spiro atoms. The molecule has 1 aromatic heterocycles. The van der Waals surface area contributed by atoms with Crippen LogP contribution in [-0.2, 0) is 9.47 Å². The highest BCUT2D eigenvalue weighted by molar-refractivity contribution is 5.39. The van der Waals surface area contributed by atoms with E-state index in [1.807, 2.05) is 18.2 Å². The Labute approximate surface area is 133 Å². The van der Waals surface area contributed by atoms with Crippen LogP contribution in [0.2, 0.25) is 0 Å². The first-order chi connectivity index (χ1) is 11.2. The van der Waals surface area contributed by atoms with Gasteiger partial charge in [-0.3, -0.25) is 0 Å². The molecular weight excluding hydrogens is 302 g/mol. The van der Waals surface area contributed by atoms with Crippen molar-refractivity contribution < 1.29 is 28.6 Å². The van der Waals surface area contributed by atoms with Crippen molar-refractivity contribution in [2.24, 2.45) is 0 Å². The zero-order chi connectivity index (χ0) is 16.2. The van der Waals surface area contributed by atoms with Crippen molar-refractivity contribution in [3.63, 3.8) is 0 Å². The Morgan fingerprint density at radius 1 is 1.35 bits per heavy atom. The lowest BCUT2D eigenvalue weighted by Gasteiger charge is -2.17. The van der Waals surface area contributed by atoms with Gasteiger partial charge >= 0.3 is 0 Å². The molecule has 7 nitrogen and oxygen atoms in total. The van der Waals surface area contributed by atoms with E-state index in [4.69, 9.17) is 23.5 Å². The minimum atomic E-state index is -0.795. The van der Waals surface area contributed by atoms with Crippen LogP contribution in [0.1, 0.15) is 30.8 Å². The van der Waals surface area contributed by atoms with Crippen LogP contribution in [0.15, 0.2) is 34.9 Å². The molecule has 2 aromatic rings. The van der Waals surface area contributed by atoms with E-state index in [9.17, 15) is 5.11 Å². The van der Waals surface area contributed by atoms with Gasteiger partial charge in [-0.05, 0) is 19.1 Å². The van der Waals surface area contributed by atoms with Gasteiger partial charge in [0.1, 0.15) is 18.4 Å². The lowest BCUT2D eigenvalue weighted by Crippen LogP contribution is -2.11. The average molecular weight is 321 g/mol. The first kappa shape index (κ1) is 15.8. The second-order valence-electron chi connectivity index (χ2n) is 5.23. The van der Waals surface area contributed by atoms with Crippen molar-refractivity contribution in [1.82, 2.24) is 5.16 Å². The number of benzene rings is 1. The summed E-state index contributed by atoms with van der Waals surface area (Å²) in [5.41, 5.74) is 0.418. The minimum Gasteiger partial charge on any atom is -0.487 e. The molecule has 0 radical (unpaired) electrons. The number of aliphatic hydroxyl groups excluding tert-OH is 1. The second kappa shape index (κ2) is 6.99. The minimum absolute atomic E-state index is 0.157. The molecule has 2 heterocycles. The Hall–Kier alpha value is -2.09. The van der Waals surface area contributed by atoms with E-state index in [1.54, 1.807) is 19.1 Å². The summed E-state index contributed by atoms with van der Waals surface area (Å²) in [6.07, 6.45) is -1.36. The zero-order valence-corrected chi connectivity index (χ0v) is 13.0. The zero-order valence-electron chi connectivity index (χ0n) is 13.0. The van der Waals surface area contributed by atoms with E-state index in [2.05, 4.69) is 5.16 Å². The van der Waals surface area contributed by atoms with Gasteiger partial charge in [0.05, 0.1) is 12.7 Å². The van der Waals surface area contributed by atoms with Crippen LogP contribution >= 0.6 is 0 Å². The smallest absolute Gasteiger partial charge is 0.262 e. The van der Waals surface area contributed by atoms with Crippen LogP contribution in [0.5, 0.6) is 11.5 Å². The molecule has 0 bridgehead atoms. The normalized spacial score (nSPS) is 19.2. The number of aromatic nitrogens is 1. The van der Waals surface area contributed by atoms with Gasteiger partial charge in [-0.2, -0.15) is 0 Å². The molecule has 23 heavy (non-hydrogen) atoms. The second-order valence-corrected chi connectivity index (χ2v) is 5.23. The molecule has 1 fully saturated rings. The van der Waals surface area contributed by atoms with Crippen LogP contribution in [0.4, 0.5) is 0 Å². The third kappa shape index (κ3) is 4.01. The van der Waals surface area contributed by atoms with Gasteiger partial charge < -0.3 is 28.6 Å². The van der Waals surface area contributed by atoms with E-state index < -0.39 is 12.4 Å². The van der Waals surface area contributed by atoms with Crippen molar-refractivity contribution in [1.29, 1.82) is 0 Å². The third-order valence-corrected chi connectivity index (χ3v) is 3.33. The van der Waals surface area contributed by atoms with Crippen LogP contribution < -0.4 is 9.47 Å². The first-order valence-corrected chi connectivity index (χ1v) is 7.35. The molecule has 0 aliphatic carbocycles. The summed E-state index contributed by atoms with van der Waals surface area (Å²) >= 11 is 0. The molecule has 3 unspecified atom stereocenters. The Morgan fingerprint density at radius 3 is 2.70 bits per heavy atom. The standard InChI is InChI=1S/C16H19NO6/c1-10(18)12-7-15(23-17-12)16(19-2)22-14-6-4-3-5-13(14)21-9-11-8-20-11/h3-7,10-11,16,18H,8-9H2,1-2H3. The van der Waals surface area contributed by atoms with Crippen molar-refractivity contribution in [2.45, 2.75) is 25.4 Å². The fraction of sp³-hybridized carbons (Fsp3) is 0.438. The lowest BCUT2D eigenvalue weighted by molar-refractivity contribution is -0.0740. The van der Waals surface area contributed by atoms with Gasteiger partial charge in [-0.1, -0.05) is 17.3 Å². The van der Waals surface area contributed by atoms with Crippen LogP contribution in [0.3, 0.4) is 0 Å². The highest BCUT2D eigenvalue weighted by Crippen LogP contribution is 2.32. The summed E-state index contributed by atoms with van der Waals surface area (Å²) in [6, 6.07) is 8.88. The van der Waals surface area contributed by atoms with Crippen molar-refractivity contribution in [2.75, 3.05) is 20.3 Å². The third-order valence-electron chi connectivity index (χ3n) is 3.33. The summed E-state index contributed by atoms with van der Waals surface area (Å²) in [7, 11) is 1.50. The number of hydrogen-bond donors (Lipinski definition) is 1. The van der Waals surface area contributed by atoms with Gasteiger partial charge in [0.2, 0.25) is 5.76 Å². The number of methoxy groups -OCH3 is 1. The number of hydrogen-bond acceptors (Lipinski definition) is 7. The van der Waals surface area contributed by atoms with Crippen LogP contribution in [0.25, 0.3) is 0 Å². The largest absolute Gasteiger partial charge is 0.487 e. The summed E-state index contributed by atoms with van der Waals surface area (Å²) in [6.45, 7) is 2.81. The van der Waals surface area contributed by atoms with Crippen LogP contribution in [-0.4, -0.2) is 36.7 Å². The fourth-order valence-electron chi connectivity index (χ4n) is 1.96. The SMILES string of the molecule is COC(Oc1ccccc1OCC1CO1)c1cc(C(C)O)no1. The monoisotopic (exact) mass is 321 g/mol. The number of nitrogens with zero attached hydrogens (tertiary/aromatic N) is 1. The Balaban J connectivity index is 1.72. The number of aliphatic hydroxyl groups is 1. The molecular formula is C16H19NO6. The quantitative estimate of drug-likeness (QED) is 0.589. The van der Waals surface area contributed by atoms with Gasteiger partial charge in [-0.15, -0.1) is 0 Å². The number of rotatable bonds is 8. The van der Waals surface area contributed by atoms with Crippen LogP contribution in [0, 0.1) is 0 Å². The van der Waals surface area contributed by atoms with Gasteiger partial charge in [0.25, 0.3) is 6.29 Å². The fourth-order valence-corrected chi connectivity index (χ4v) is 1.96. The van der Waals surface area contributed by atoms with E-state index in [0.29, 0.717) is 29.6 Å². The average Bonchev–Trinajstić information content (AvgIpc) is 3.25. The van der Waals surface area contributed by atoms with E-state index in [-0.39, 0.29) is 6.10 Å². The molecule has 0 saturated carbocycles. The maximum Gasteiger partial charge on any atom is 0.262 e. The lowest BCUT2D eigenvalue weighted by atomic mass is 10.2. The molecule has 1 aliphatic rings. The van der Waals surface area contributed by atoms with Gasteiger partial charge in [-0.25, -0.2) is 0 Å². The predicted octanol–water partition coefficient (Wildman–Crippen LogP) is 2.23. The molecule has 1 aromatic carbocycles. The molecule has 3 rings (SSSR count). The molecule has 0 amide bonds. The highest BCUT2D eigenvalue weighted by Gasteiger charge is 2.25. The molecule has 1 aliphatic heterocycles. The summed E-state index contributed by atoms with van der Waals surface area (Å²) in [4.78, 5) is 0. The molecule has 7 heteroatoms. The molecule has 1 saturated heterocycles. The number of para-hydroxylation sites is 2. The Bertz CT molecular complexity index is 637. The van der Waals surface area contributed by atoms with Gasteiger partial charge in [0.15, 0.2) is 11.5 Å². The topological polar surface area (TPSA) is 86.5 Å². The predicted molar refractivity (Wildman–Crippen MR) is 79.2 cm³/mol. The van der Waals surface area contributed by atoms with Gasteiger partial charge in [0, 0.05) is 13.2 Å². The molecule has 124 valence electrons. The number of epoxide rings is 1. The van der Waals surface area contributed by atoms with E-state index in [1.165, 1.54) is 7.11 Å². The maximum atomic E-state index is 9.52. The maximum absolute atomic E-state index is 9.52. The first-order valence-electron chi connectivity index (χ1n) is 7.35. The van der Waals surface area contributed by atoms with E-state index in [0.717, 1.165) is 6.61 Å². The Morgan fingerprint density at radius 2 is 2.09 bits per heavy atom. The van der Waals surface area contributed by atoms with Crippen molar-refractivity contribution in [3.8, 4) is 11.5 Å². The summed E-state index contributed by atoms with van der Waals surface area (Å²) < 4.78 is 27.1. The summed E-state index contributed by atoms with van der Waals surface area (Å²) in [5, 5.41) is 13.3.